The molecule has 10 heteroatoms. The maximum Gasteiger partial charge on any atom is 0.321 e. The van der Waals surface area contributed by atoms with E-state index in [1.807, 2.05) is 6.07 Å². The molecular formula is C19H16FN3O5S. The standard InChI is InChI=1S/C19H16FN3O5S/c20-16-8-6-15(7-9-16)19-22-17(28-23-19)13-27-18(24)12-21-29(25,26)11-10-14-4-2-1-3-5-14/h1-11,21H,12-13H2/b11-10+. The molecule has 150 valence electrons. The highest BCUT2D eigenvalue weighted by molar-refractivity contribution is 7.92. The molecule has 0 aliphatic rings. The highest BCUT2D eigenvalue weighted by Crippen LogP contribution is 2.16. The molecule has 0 radical (unpaired) electrons. The SMILES string of the molecule is O=C(CNS(=O)(=O)/C=C/c1ccccc1)OCc1nc(-c2ccc(F)cc2)no1. The Morgan fingerprint density at radius 3 is 2.59 bits per heavy atom. The Balaban J connectivity index is 1.47. The normalized spacial score (nSPS) is 11.6. The molecule has 3 rings (SSSR count). The van der Waals surface area contributed by atoms with Gasteiger partial charge in [0.2, 0.25) is 15.8 Å². The third-order valence-corrected chi connectivity index (χ3v) is 4.63. The summed E-state index contributed by atoms with van der Waals surface area (Å²) in [5.41, 5.74) is 1.24. The van der Waals surface area contributed by atoms with E-state index < -0.39 is 28.4 Å². The highest BCUT2D eigenvalue weighted by Gasteiger charge is 2.13. The van der Waals surface area contributed by atoms with E-state index in [1.54, 1.807) is 24.3 Å². The van der Waals surface area contributed by atoms with Crippen LogP contribution in [0.4, 0.5) is 4.39 Å². The van der Waals surface area contributed by atoms with Crippen molar-refractivity contribution < 1.29 is 26.9 Å². The topological polar surface area (TPSA) is 111 Å². The van der Waals surface area contributed by atoms with Crippen LogP contribution in [0.2, 0.25) is 0 Å². The van der Waals surface area contributed by atoms with Crippen LogP contribution in [0.5, 0.6) is 0 Å². The third kappa shape index (κ3) is 6.33. The van der Waals surface area contributed by atoms with Gasteiger partial charge in [0.1, 0.15) is 12.4 Å². The van der Waals surface area contributed by atoms with Crippen molar-refractivity contribution in [3.8, 4) is 11.4 Å². The van der Waals surface area contributed by atoms with Crippen LogP contribution in [0.25, 0.3) is 17.5 Å². The van der Waals surface area contributed by atoms with Gasteiger partial charge in [-0.2, -0.15) is 4.98 Å². The minimum absolute atomic E-state index is 0.0181. The van der Waals surface area contributed by atoms with Crippen molar-refractivity contribution in [3.63, 3.8) is 0 Å². The fourth-order valence-corrected chi connectivity index (χ4v) is 2.91. The molecule has 0 spiro atoms. The smallest absolute Gasteiger partial charge is 0.321 e. The average Bonchev–Trinajstić information content (AvgIpc) is 3.20. The Morgan fingerprint density at radius 1 is 1.14 bits per heavy atom. The Morgan fingerprint density at radius 2 is 1.86 bits per heavy atom. The maximum absolute atomic E-state index is 12.9. The van der Waals surface area contributed by atoms with Gasteiger partial charge in [-0.05, 0) is 35.9 Å². The van der Waals surface area contributed by atoms with E-state index in [0.29, 0.717) is 11.1 Å². The molecule has 0 aliphatic heterocycles. The lowest BCUT2D eigenvalue weighted by atomic mass is 10.2. The summed E-state index contributed by atoms with van der Waals surface area (Å²) in [5.74, 6) is -0.983. The summed E-state index contributed by atoms with van der Waals surface area (Å²) in [6, 6.07) is 14.3. The molecule has 0 saturated heterocycles. The van der Waals surface area contributed by atoms with Crippen LogP contribution in [0.3, 0.4) is 0 Å². The molecular weight excluding hydrogens is 401 g/mol. The number of hydrogen-bond acceptors (Lipinski definition) is 7. The van der Waals surface area contributed by atoms with Crippen molar-refractivity contribution in [2.45, 2.75) is 6.61 Å². The summed E-state index contributed by atoms with van der Waals surface area (Å²) in [4.78, 5) is 15.8. The van der Waals surface area contributed by atoms with E-state index in [0.717, 1.165) is 5.41 Å². The monoisotopic (exact) mass is 417 g/mol. The quantitative estimate of drug-likeness (QED) is 0.561. The van der Waals surface area contributed by atoms with Crippen molar-refractivity contribution in [2.75, 3.05) is 6.54 Å². The van der Waals surface area contributed by atoms with Crippen LogP contribution in [-0.4, -0.2) is 31.1 Å². The van der Waals surface area contributed by atoms with E-state index >= 15 is 0 Å². The summed E-state index contributed by atoms with van der Waals surface area (Å²) in [6.45, 7) is -0.880. The van der Waals surface area contributed by atoms with E-state index in [9.17, 15) is 17.6 Å². The molecule has 1 aromatic heterocycles. The fraction of sp³-hybridized carbons (Fsp3) is 0.105. The number of rotatable bonds is 8. The van der Waals surface area contributed by atoms with Gasteiger partial charge < -0.3 is 9.26 Å². The first-order chi connectivity index (χ1) is 13.9. The van der Waals surface area contributed by atoms with Gasteiger partial charge in [-0.3, -0.25) is 4.79 Å². The van der Waals surface area contributed by atoms with Crippen molar-refractivity contribution in [1.29, 1.82) is 0 Å². The second kappa shape index (κ2) is 9.22. The van der Waals surface area contributed by atoms with Crippen molar-refractivity contribution >= 4 is 22.1 Å². The van der Waals surface area contributed by atoms with Crippen LogP contribution >= 0.6 is 0 Å². The van der Waals surface area contributed by atoms with Crippen LogP contribution in [0.15, 0.2) is 64.5 Å². The lowest BCUT2D eigenvalue weighted by Crippen LogP contribution is -2.29. The number of nitrogens with zero attached hydrogens (tertiary/aromatic N) is 2. The zero-order valence-electron chi connectivity index (χ0n) is 15.0. The van der Waals surface area contributed by atoms with Crippen LogP contribution < -0.4 is 4.72 Å². The molecule has 0 bridgehead atoms. The molecule has 29 heavy (non-hydrogen) atoms. The minimum Gasteiger partial charge on any atom is -0.455 e. The summed E-state index contributed by atoms with van der Waals surface area (Å²) in [7, 11) is -3.81. The van der Waals surface area contributed by atoms with Gasteiger partial charge in [-0.15, -0.1) is 0 Å². The van der Waals surface area contributed by atoms with Gasteiger partial charge in [0, 0.05) is 11.0 Å². The van der Waals surface area contributed by atoms with E-state index in [-0.39, 0.29) is 18.3 Å². The molecule has 0 aliphatic carbocycles. The van der Waals surface area contributed by atoms with E-state index in [1.165, 1.54) is 30.3 Å². The van der Waals surface area contributed by atoms with E-state index in [2.05, 4.69) is 14.9 Å². The van der Waals surface area contributed by atoms with Gasteiger partial charge >= 0.3 is 5.97 Å². The maximum atomic E-state index is 12.9. The lowest BCUT2D eigenvalue weighted by Gasteiger charge is -2.03. The Hall–Kier alpha value is -3.37. The Labute approximate surface area is 166 Å². The molecule has 0 atom stereocenters. The first kappa shape index (κ1) is 20.4. The average molecular weight is 417 g/mol. The second-order valence-corrected chi connectivity index (χ2v) is 7.41. The summed E-state index contributed by atoms with van der Waals surface area (Å²) < 4.78 is 48.7. The zero-order chi connectivity index (χ0) is 20.7. The first-order valence-corrected chi connectivity index (χ1v) is 9.93. The van der Waals surface area contributed by atoms with Crippen LogP contribution in [-0.2, 0) is 26.2 Å². The molecule has 0 saturated carbocycles. The number of sulfonamides is 1. The zero-order valence-corrected chi connectivity index (χ0v) is 15.8. The van der Waals surface area contributed by atoms with E-state index in [4.69, 9.17) is 9.26 Å². The second-order valence-electron chi connectivity index (χ2n) is 5.76. The number of aromatic nitrogens is 2. The first-order valence-electron chi connectivity index (χ1n) is 8.38. The minimum atomic E-state index is -3.81. The number of hydrogen-bond donors (Lipinski definition) is 1. The van der Waals surface area contributed by atoms with Crippen LogP contribution in [0, 0.1) is 5.82 Å². The van der Waals surface area contributed by atoms with Crippen molar-refractivity contribution in [1.82, 2.24) is 14.9 Å². The number of ether oxygens (including phenoxy) is 1. The highest BCUT2D eigenvalue weighted by atomic mass is 32.2. The molecule has 2 aromatic carbocycles. The predicted octanol–water partition coefficient (Wildman–Crippen LogP) is 2.51. The van der Waals surface area contributed by atoms with Gasteiger partial charge in [-0.1, -0.05) is 35.5 Å². The number of esters is 1. The fourth-order valence-electron chi connectivity index (χ4n) is 2.16. The molecule has 0 amide bonds. The molecule has 0 unspecified atom stereocenters. The largest absolute Gasteiger partial charge is 0.455 e. The summed E-state index contributed by atoms with van der Waals surface area (Å²) in [6.07, 6.45) is 1.41. The number of nitrogens with one attached hydrogen (secondary N) is 1. The number of carbonyl (C=O) groups is 1. The Kier molecular flexibility index (Phi) is 6.47. The van der Waals surface area contributed by atoms with Gasteiger partial charge in [0.15, 0.2) is 6.61 Å². The van der Waals surface area contributed by atoms with Gasteiger partial charge in [0.25, 0.3) is 5.89 Å². The molecule has 1 N–H and O–H groups in total. The number of carbonyl (C=O) groups excluding carboxylic acids is 1. The van der Waals surface area contributed by atoms with Gasteiger partial charge in [-0.25, -0.2) is 17.5 Å². The number of benzene rings is 2. The van der Waals surface area contributed by atoms with Crippen LogP contribution in [0.1, 0.15) is 11.5 Å². The third-order valence-electron chi connectivity index (χ3n) is 3.58. The Bertz CT molecular complexity index is 1100. The van der Waals surface area contributed by atoms with Gasteiger partial charge in [0.05, 0.1) is 0 Å². The molecule has 3 aromatic rings. The van der Waals surface area contributed by atoms with Crippen molar-refractivity contribution in [3.05, 3.63) is 77.3 Å². The lowest BCUT2D eigenvalue weighted by molar-refractivity contribution is -0.144. The molecule has 0 fully saturated rings. The molecule has 1 heterocycles. The molecule has 8 nitrogen and oxygen atoms in total. The summed E-state index contributed by atoms with van der Waals surface area (Å²) in [5, 5.41) is 4.67. The number of halogens is 1. The summed E-state index contributed by atoms with van der Waals surface area (Å²) >= 11 is 0. The van der Waals surface area contributed by atoms with Crippen molar-refractivity contribution in [2.24, 2.45) is 0 Å². The predicted molar refractivity (Wildman–Crippen MR) is 102 cm³/mol.